The third kappa shape index (κ3) is 9.11. The Labute approximate surface area is 252 Å². The van der Waals surface area contributed by atoms with Crippen LogP contribution in [0.2, 0.25) is 0 Å². The molecule has 1 atom stereocenters. The fourth-order valence-electron chi connectivity index (χ4n) is 5.49. The second kappa shape index (κ2) is 16.6. The summed E-state index contributed by atoms with van der Waals surface area (Å²) < 4.78 is 13.7. The topological polar surface area (TPSA) is 40.5 Å². The molecule has 4 heteroatoms. The largest absolute Gasteiger partial charge is 0.478 e. The van der Waals surface area contributed by atoms with Crippen LogP contribution in [0.1, 0.15) is 82.0 Å². The van der Waals surface area contributed by atoms with Crippen molar-refractivity contribution < 1.29 is 14.3 Å². The van der Waals surface area contributed by atoms with Crippen molar-refractivity contribution >= 4 is 5.97 Å². The number of nitrogens with zero attached hydrogens (tertiary/aromatic N) is 1. The molecule has 222 valence electrons. The number of benzene rings is 3. The lowest BCUT2D eigenvalue weighted by Crippen LogP contribution is -2.31. The fraction of sp³-hybridized carbons (Fsp3) is 0.395. The van der Waals surface area contributed by atoms with E-state index >= 15 is 0 Å². The highest BCUT2D eigenvalue weighted by Crippen LogP contribution is 2.29. The molecule has 0 N–H and O–H groups in total. The zero-order valence-corrected chi connectivity index (χ0v) is 25.7. The van der Waals surface area contributed by atoms with Crippen LogP contribution in [0.3, 0.4) is 0 Å². The summed E-state index contributed by atoms with van der Waals surface area (Å²) in [6, 6.07) is 31.2. The van der Waals surface area contributed by atoms with E-state index in [1.54, 1.807) is 0 Å². The molecule has 0 radical (unpaired) electrons. The molecule has 4 nitrogen and oxygen atoms in total. The highest BCUT2D eigenvalue weighted by molar-refractivity contribution is 5.75. The SMILES string of the molecule is CCCCCCCCCCc1ccc(-n2c(C)ccc2-c2ccc(O[C@H](Cc3ccccc3)C(=O)OCC)cc2)cc1. The standard InChI is InChI=1S/C38H47NO3/c1-4-6-7-8-9-10-11-13-16-31-20-24-34(25-21-31)39-30(3)19-28-36(39)33-22-26-35(27-23-33)42-37(38(40)41-5-2)29-32-17-14-12-15-18-32/h12,14-15,17-28,37H,4-11,13,16,29H2,1-3H3/t37-/m1/s1. The quantitative estimate of drug-likeness (QED) is 0.0945. The van der Waals surface area contributed by atoms with Gasteiger partial charge < -0.3 is 14.0 Å². The van der Waals surface area contributed by atoms with Gasteiger partial charge in [-0.1, -0.05) is 94.3 Å². The summed E-state index contributed by atoms with van der Waals surface area (Å²) in [5, 5.41) is 0. The van der Waals surface area contributed by atoms with Gasteiger partial charge in [0.15, 0.2) is 6.10 Å². The number of hydrogen-bond donors (Lipinski definition) is 0. The van der Waals surface area contributed by atoms with E-state index in [0.29, 0.717) is 18.8 Å². The Morgan fingerprint density at radius 3 is 2.05 bits per heavy atom. The molecule has 0 fully saturated rings. The van der Waals surface area contributed by atoms with Gasteiger partial charge in [0.1, 0.15) is 5.75 Å². The van der Waals surface area contributed by atoms with Crippen molar-refractivity contribution in [2.75, 3.05) is 6.61 Å². The number of esters is 1. The van der Waals surface area contributed by atoms with Crippen LogP contribution in [-0.4, -0.2) is 23.2 Å². The first-order chi connectivity index (χ1) is 20.6. The van der Waals surface area contributed by atoms with Gasteiger partial charge in [-0.15, -0.1) is 0 Å². The van der Waals surface area contributed by atoms with Gasteiger partial charge in [0.05, 0.1) is 12.3 Å². The maximum Gasteiger partial charge on any atom is 0.347 e. The van der Waals surface area contributed by atoms with Crippen LogP contribution < -0.4 is 4.74 Å². The molecule has 1 aromatic heterocycles. The molecule has 0 aliphatic carbocycles. The zero-order chi connectivity index (χ0) is 29.6. The summed E-state index contributed by atoms with van der Waals surface area (Å²) in [5.41, 5.74) is 7.01. The fourth-order valence-corrected chi connectivity index (χ4v) is 5.49. The van der Waals surface area contributed by atoms with E-state index in [4.69, 9.17) is 9.47 Å². The average Bonchev–Trinajstić information content (AvgIpc) is 3.40. The van der Waals surface area contributed by atoms with Crippen LogP contribution in [0, 0.1) is 6.92 Å². The molecule has 0 saturated carbocycles. The second-order valence-corrected chi connectivity index (χ2v) is 11.2. The van der Waals surface area contributed by atoms with Gasteiger partial charge in [0, 0.05) is 17.8 Å². The number of ether oxygens (including phenoxy) is 2. The van der Waals surface area contributed by atoms with Crippen LogP contribution in [0.25, 0.3) is 16.9 Å². The van der Waals surface area contributed by atoms with Crippen LogP contribution in [0.15, 0.2) is 91.0 Å². The number of carbonyl (C=O) groups excluding carboxylic acids is 1. The molecule has 42 heavy (non-hydrogen) atoms. The molecule has 1 heterocycles. The van der Waals surface area contributed by atoms with E-state index in [2.05, 4.69) is 66.9 Å². The highest BCUT2D eigenvalue weighted by Gasteiger charge is 2.22. The van der Waals surface area contributed by atoms with Crippen molar-refractivity contribution in [3.63, 3.8) is 0 Å². The van der Waals surface area contributed by atoms with Gasteiger partial charge >= 0.3 is 5.97 Å². The van der Waals surface area contributed by atoms with Crippen molar-refractivity contribution in [1.29, 1.82) is 0 Å². The Morgan fingerprint density at radius 2 is 1.38 bits per heavy atom. The Hall–Kier alpha value is -3.79. The third-order valence-electron chi connectivity index (χ3n) is 7.83. The van der Waals surface area contributed by atoms with E-state index in [0.717, 1.165) is 28.9 Å². The highest BCUT2D eigenvalue weighted by atomic mass is 16.6. The number of aryl methyl sites for hydroxylation is 2. The van der Waals surface area contributed by atoms with Crippen LogP contribution in [-0.2, 0) is 22.4 Å². The Morgan fingerprint density at radius 1 is 0.714 bits per heavy atom. The van der Waals surface area contributed by atoms with Crippen LogP contribution >= 0.6 is 0 Å². The van der Waals surface area contributed by atoms with Crippen molar-refractivity contribution in [2.24, 2.45) is 0 Å². The van der Waals surface area contributed by atoms with Crippen LogP contribution in [0.5, 0.6) is 5.75 Å². The number of rotatable bonds is 17. The van der Waals surface area contributed by atoms with E-state index in [-0.39, 0.29) is 5.97 Å². The Balaban J connectivity index is 1.38. The molecule has 4 aromatic rings. The third-order valence-corrected chi connectivity index (χ3v) is 7.83. The molecule has 0 amide bonds. The first-order valence-electron chi connectivity index (χ1n) is 15.8. The maximum absolute atomic E-state index is 12.6. The molecular formula is C38H47NO3. The molecule has 0 unspecified atom stereocenters. The van der Waals surface area contributed by atoms with Crippen LogP contribution in [0.4, 0.5) is 0 Å². The molecule has 3 aromatic carbocycles. The van der Waals surface area contributed by atoms with Gasteiger partial charge in [-0.05, 0) is 91.9 Å². The summed E-state index contributed by atoms with van der Waals surface area (Å²) >= 11 is 0. The lowest BCUT2D eigenvalue weighted by molar-refractivity contribution is -0.151. The molecule has 0 aliphatic heterocycles. The minimum absolute atomic E-state index is 0.322. The molecule has 0 saturated heterocycles. The smallest absolute Gasteiger partial charge is 0.347 e. The zero-order valence-electron chi connectivity index (χ0n) is 25.7. The maximum atomic E-state index is 12.6. The average molecular weight is 566 g/mol. The minimum atomic E-state index is -0.700. The predicted octanol–water partition coefficient (Wildman–Crippen LogP) is 9.69. The first kappa shape index (κ1) is 31.2. The Bertz CT molecular complexity index is 1340. The minimum Gasteiger partial charge on any atom is -0.478 e. The van der Waals surface area contributed by atoms with E-state index in [1.165, 1.54) is 62.6 Å². The van der Waals surface area contributed by atoms with Crippen molar-refractivity contribution in [2.45, 2.75) is 91.1 Å². The van der Waals surface area contributed by atoms with Crippen molar-refractivity contribution in [3.8, 4) is 22.7 Å². The lowest BCUT2D eigenvalue weighted by Gasteiger charge is -2.18. The predicted molar refractivity (Wildman–Crippen MR) is 173 cm³/mol. The number of carbonyl (C=O) groups is 1. The summed E-state index contributed by atoms with van der Waals surface area (Å²) in [5.74, 6) is 0.300. The molecule has 0 bridgehead atoms. The summed E-state index contributed by atoms with van der Waals surface area (Å²) in [4.78, 5) is 12.6. The van der Waals surface area contributed by atoms with Crippen molar-refractivity contribution in [1.82, 2.24) is 4.57 Å². The first-order valence-corrected chi connectivity index (χ1v) is 15.8. The van der Waals surface area contributed by atoms with Gasteiger partial charge in [0.25, 0.3) is 0 Å². The summed E-state index contributed by atoms with van der Waals surface area (Å²) in [6.45, 7) is 6.55. The normalized spacial score (nSPS) is 11.8. The molecule has 4 rings (SSSR count). The number of unbranched alkanes of at least 4 members (excludes halogenated alkanes) is 7. The summed E-state index contributed by atoms with van der Waals surface area (Å²) in [6.07, 6.45) is 11.7. The molecule has 0 aliphatic rings. The van der Waals surface area contributed by atoms with Gasteiger partial charge in [-0.25, -0.2) is 4.79 Å². The monoisotopic (exact) mass is 565 g/mol. The van der Waals surface area contributed by atoms with Gasteiger partial charge in [-0.3, -0.25) is 0 Å². The molecule has 0 spiro atoms. The second-order valence-electron chi connectivity index (χ2n) is 11.2. The van der Waals surface area contributed by atoms with Gasteiger partial charge in [-0.2, -0.15) is 0 Å². The van der Waals surface area contributed by atoms with Crippen molar-refractivity contribution in [3.05, 3.63) is 108 Å². The number of hydrogen-bond acceptors (Lipinski definition) is 3. The van der Waals surface area contributed by atoms with E-state index < -0.39 is 6.10 Å². The number of aromatic nitrogens is 1. The summed E-state index contributed by atoms with van der Waals surface area (Å²) in [7, 11) is 0. The molecular weight excluding hydrogens is 518 g/mol. The lowest BCUT2D eigenvalue weighted by atomic mass is 10.0. The van der Waals surface area contributed by atoms with Gasteiger partial charge in [0.2, 0.25) is 0 Å². The van der Waals surface area contributed by atoms with E-state index in [1.807, 2.05) is 49.4 Å². The van der Waals surface area contributed by atoms with E-state index in [9.17, 15) is 4.79 Å². The Kier molecular flexibility index (Phi) is 12.3.